The van der Waals surface area contributed by atoms with Crippen molar-refractivity contribution < 1.29 is 9.53 Å². The molecule has 1 heterocycles. The Hall–Kier alpha value is -0.610. The van der Waals surface area contributed by atoms with Crippen LogP contribution in [0.25, 0.3) is 0 Å². The normalized spacial score (nSPS) is 23.7. The van der Waals surface area contributed by atoms with E-state index in [1.54, 1.807) is 0 Å². The number of piperidine rings is 1. The van der Waals surface area contributed by atoms with Crippen molar-refractivity contribution in [1.29, 1.82) is 0 Å². The lowest BCUT2D eigenvalue weighted by atomic mass is 9.96. The topological polar surface area (TPSA) is 41.6 Å². The molecule has 1 rings (SSSR count). The molecule has 0 radical (unpaired) electrons. The van der Waals surface area contributed by atoms with Gasteiger partial charge in [-0.3, -0.25) is 9.69 Å². The summed E-state index contributed by atoms with van der Waals surface area (Å²) in [5, 5.41) is 3.48. The summed E-state index contributed by atoms with van der Waals surface area (Å²) in [5.74, 6) is 0.528. The third-order valence-electron chi connectivity index (χ3n) is 3.46. The minimum Gasteiger partial charge on any atom is -0.468 e. The van der Waals surface area contributed by atoms with Crippen LogP contribution in [0.4, 0.5) is 0 Å². The van der Waals surface area contributed by atoms with Crippen molar-refractivity contribution in [3.8, 4) is 0 Å². The molecule has 4 nitrogen and oxygen atoms in total. The van der Waals surface area contributed by atoms with Gasteiger partial charge < -0.3 is 10.1 Å². The number of carbonyl (C=O) groups excluding carboxylic acids is 1. The van der Waals surface area contributed by atoms with Crippen LogP contribution in [0.2, 0.25) is 0 Å². The molecule has 0 saturated carbocycles. The largest absolute Gasteiger partial charge is 0.468 e. The van der Waals surface area contributed by atoms with E-state index >= 15 is 0 Å². The summed E-state index contributed by atoms with van der Waals surface area (Å²) >= 11 is 0. The van der Waals surface area contributed by atoms with Crippen LogP contribution in [0.1, 0.15) is 33.6 Å². The van der Waals surface area contributed by atoms with E-state index in [0.29, 0.717) is 12.0 Å². The molecule has 2 atom stereocenters. The summed E-state index contributed by atoms with van der Waals surface area (Å²) in [6.45, 7) is 9.31. The maximum Gasteiger partial charge on any atom is 0.322 e. The Kier molecular flexibility index (Phi) is 5.92. The van der Waals surface area contributed by atoms with E-state index in [1.165, 1.54) is 20.0 Å². The minimum atomic E-state index is -0.123. The fourth-order valence-electron chi connectivity index (χ4n) is 2.34. The Morgan fingerprint density at radius 1 is 1.47 bits per heavy atom. The summed E-state index contributed by atoms with van der Waals surface area (Å²) in [5.41, 5.74) is 0. The first-order valence-electron chi connectivity index (χ1n) is 6.59. The van der Waals surface area contributed by atoms with Gasteiger partial charge in [-0.05, 0) is 38.8 Å². The lowest BCUT2D eigenvalue weighted by molar-refractivity contribution is -0.147. The number of esters is 1. The zero-order chi connectivity index (χ0) is 12.8. The second-order valence-corrected chi connectivity index (χ2v) is 5.27. The number of methoxy groups -OCH3 is 1. The zero-order valence-electron chi connectivity index (χ0n) is 11.5. The second-order valence-electron chi connectivity index (χ2n) is 5.27. The average Bonchev–Trinajstić information content (AvgIpc) is 2.34. The predicted molar refractivity (Wildman–Crippen MR) is 68.9 cm³/mol. The summed E-state index contributed by atoms with van der Waals surface area (Å²) in [6.07, 6.45) is 2.43. The van der Waals surface area contributed by atoms with Crippen molar-refractivity contribution >= 4 is 5.97 Å². The standard InChI is InChI=1S/C13H26N2O2/c1-10(2)14-8-12-6-5-7-15(9-12)11(3)13(16)17-4/h10-12,14H,5-9H2,1-4H3. The number of rotatable bonds is 5. The SMILES string of the molecule is COC(=O)C(C)N1CCCC(CNC(C)C)C1. The van der Waals surface area contributed by atoms with Gasteiger partial charge in [0.1, 0.15) is 6.04 Å². The predicted octanol–water partition coefficient (Wildman–Crippen LogP) is 1.26. The fraction of sp³-hybridized carbons (Fsp3) is 0.923. The number of ether oxygens (including phenoxy) is 1. The summed E-state index contributed by atoms with van der Waals surface area (Å²) in [4.78, 5) is 13.7. The van der Waals surface area contributed by atoms with E-state index in [0.717, 1.165) is 19.6 Å². The molecule has 0 aliphatic carbocycles. The number of hydrogen-bond donors (Lipinski definition) is 1. The number of likely N-dealkylation sites (tertiary alicyclic amines) is 1. The van der Waals surface area contributed by atoms with E-state index < -0.39 is 0 Å². The monoisotopic (exact) mass is 242 g/mol. The molecular formula is C13H26N2O2. The van der Waals surface area contributed by atoms with Crippen LogP contribution >= 0.6 is 0 Å². The molecule has 1 fully saturated rings. The van der Waals surface area contributed by atoms with Gasteiger partial charge in [-0.15, -0.1) is 0 Å². The molecule has 0 aromatic carbocycles. The molecule has 0 amide bonds. The number of carbonyl (C=O) groups is 1. The smallest absolute Gasteiger partial charge is 0.322 e. The number of hydrogen-bond acceptors (Lipinski definition) is 4. The molecule has 1 saturated heterocycles. The molecule has 1 aliphatic heterocycles. The first-order valence-corrected chi connectivity index (χ1v) is 6.59. The van der Waals surface area contributed by atoms with Crippen molar-refractivity contribution in [3.63, 3.8) is 0 Å². The number of nitrogens with one attached hydrogen (secondary N) is 1. The van der Waals surface area contributed by atoms with Crippen molar-refractivity contribution in [3.05, 3.63) is 0 Å². The van der Waals surface area contributed by atoms with Crippen LogP contribution in [-0.2, 0) is 9.53 Å². The molecule has 0 aromatic rings. The molecule has 4 heteroatoms. The van der Waals surface area contributed by atoms with Gasteiger partial charge in [0.05, 0.1) is 7.11 Å². The van der Waals surface area contributed by atoms with Crippen molar-refractivity contribution in [2.24, 2.45) is 5.92 Å². The highest BCUT2D eigenvalue weighted by Crippen LogP contribution is 2.18. The van der Waals surface area contributed by atoms with Crippen molar-refractivity contribution in [2.75, 3.05) is 26.7 Å². The van der Waals surface area contributed by atoms with Crippen LogP contribution in [0, 0.1) is 5.92 Å². The van der Waals surface area contributed by atoms with Gasteiger partial charge in [0.15, 0.2) is 0 Å². The second kappa shape index (κ2) is 6.97. The average molecular weight is 242 g/mol. The summed E-state index contributed by atoms with van der Waals surface area (Å²) in [6, 6.07) is 0.422. The van der Waals surface area contributed by atoms with Crippen LogP contribution in [0.5, 0.6) is 0 Å². The third-order valence-corrected chi connectivity index (χ3v) is 3.46. The summed E-state index contributed by atoms with van der Waals surface area (Å²) in [7, 11) is 1.46. The Bertz CT molecular complexity index is 244. The van der Waals surface area contributed by atoms with Crippen LogP contribution in [0.15, 0.2) is 0 Å². The molecule has 0 bridgehead atoms. The van der Waals surface area contributed by atoms with E-state index in [-0.39, 0.29) is 12.0 Å². The highest BCUT2D eigenvalue weighted by atomic mass is 16.5. The Morgan fingerprint density at radius 2 is 2.18 bits per heavy atom. The lowest BCUT2D eigenvalue weighted by Crippen LogP contribution is -2.47. The maximum atomic E-state index is 11.5. The van der Waals surface area contributed by atoms with Gasteiger partial charge in [-0.1, -0.05) is 13.8 Å². The molecule has 1 aliphatic rings. The molecule has 1 N–H and O–H groups in total. The van der Waals surface area contributed by atoms with Crippen LogP contribution < -0.4 is 5.32 Å². The van der Waals surface area contributed by atoms with Crippen molar-refractivity contribution in [2.45, 2.75) is 45.7 Å². The van der Waals surface area contributed by atoms with Gasteiger partial charge in [0, 0.05) is 12.6 Å². The van der Waals surface area contributed by atoms with E-state index in [9.17, 15) is 4.79 Å². The van der Waals surface area contributed by atoms with Gasteiger partial charge in [0.2, 0.25) is 0 Å². The maximum absolute atomic E-state index is 11.5. The third kappa shape index (κ3) is 4.64. The van der Waals surface area contributed by atoms with Gasteiger partial charge in [-0.2, -0.15) is 0 Å². The minimum absolute atomic E-state index is 0.109. The van der Waals surface area contributed by atoms with E-state index in [4.69, 9.17) is 4.74 Å². The van der Waals surface area contributed by atoms with Crippen LogP contribution in [0.3, 0.4) is 0 Å². The fourth-order valence-corrected chi connectivity index (χ4v) is 2.34. The van der Waals surface area contributed by atoms with E-state index in [1.807, 2.05) is 6.92 Å². The quantitative estimate of drug-likeness (QED) is 0.737. The molecule has 100 valence electrons. The molecule has 2 unspecified atom stereocenters. The Morgan fingerprint density at radius 3 is 2.76 bits per heavy atom. The Labute approximate surface area is 105 Å². The highest BCUT2D eigenvalue weighted by molar-refractivity contribution is 5.75. The first-order chi connectivity index (χ1) is 8.04. The highest BCUT2D eigenvalue weighted by Gasteiger charge is 2.27. The van der Waals surface area contributed by atoms with Gasteiger partial charge in [-0.25, -0.2) is 0 Å². The number of nitrogens with zero attached hydrogens (tertiary/aromatic N) is 1. The van der Waals surface area contributed by atoms with Crippen molar-refractivity contribution in [1.82, 2.24) is 10.2 Å². The van der Waals surface area contributed by atoms with Gasteiger partial charge in [0.25, 0.3) is 0 Å². The summed E-state index contributed by atoms with van der Waals surface area (Å²) < 4.78 is 4.80. The molecule has 0 aromatic heterocycles. The zero-order valence-corrected chi connectivity index (χ0v) is 11.5. The van der Waals surface area contributed by atoms with Crippen LogP contribution in [-0.4, -0.2) is 49.7 Å². The van der Waals surface area contributed by atoms with E-state index in [2.05, 4.69) is 24.1 Å². The lowest BCUT2D eigenvalue weighted by Gasteiger charge is -2.35. The first kappa shape index (κ1) is 14.5. The van der Waals surface area contributed by atoms with Gasteiger partial charge >= 0.3 is 5.97 Å². The molecule has 17 heavy (non-hydrogen) atoms. The Balaban J connectivity index is 2.40. The molecular weight excluding hydrogens is 216 g/mol. The molecule has 0 spiro atoms.